The zero-order valence-corrected chi connectivity index (χ0v) is 34.3. The maximum absolute atomic E-state index is 5.37. The normalized spacial score (nSPS) is 14.8. The molecule has 2 aliphatic carbocycles. The molecule has 2 aromatic heterocycles. The minimum absolute atomic E-state index is 0.988. The van der Waals surface area contributed by atoms with Crippen molar-refractivity contribution in [3.05, 3.63) is 192 Å². The van der Waals surface area contributed by atoms with Crippen molar-refractivity contribution in [2.75, 3.05) is 0 Å². The monoisotopic (exact) mass is 791 g/mol. The molecule has 3 aliphatic rings. The lowest BCUT2D eigenvalue weighted by molar-refractivity contribution is 0.955. The van der Waals surface area contributed by atoms with Gasteiger partial charge in [-0.05, 0) is 128 Å². The summed E-state index contributed by atoms with van der Waals surface area (Å²) in [6, 6.07) is 53.6. The van der Waals surface area contributed by atoms with E-state index < -0.39 is 0 Å². The SMILES string of the molecule is C1=CCCC(C2=Nc3c(ccc4ccc(-c5ccc6c(c5)c5c(c7cc(-c8ccc(-c9nc%10ccccc%10c%10c9ccc9ccccc9%10)cc8)ccc76)CCC=C5)nc34)CC2)=C1. The first-order chi connectivity index (χ1) is 30.7. The molecule has 3 nitrogen and oxygen atoms in total. The maximum atomic E-state index is 5.37. The summed E-state index contributed by atoms with van der Waals surface area (Å²) in [5.74, 6) is 0. The predicted octanol–water partition coefficient (Wildman–Crippen LogP) is 15.7. The lowest BCUT2D eigenvalue weighted by Gasteiger charge is -2.20. The number of benzene rings is 8. The molecule has 0 unspecified atom stereocenters. The molecule has 0 atom stereocenters. The second-order valence-corrected chi connectivity index (χ2v) is 17.2. The Kier molecular flexibility index (Phi) is 7.99. The van der Waals surface area contributed by atoms with Crippen LogP contribution in [0, 0.1) is 0 Å². The largest absolute Gasteiger partial charge is 0.251 e. The van der Waals surface area contributed by atoms with E-state index in [1.54, 1.807) is 0 Å². The average molecular weight is 792 g/mol. The van der Waals surface area contributed by atoms with Gasteiger partial charge >= 0.3 is 0 Å². The Morgan fingerprint density at radius 3 is 2.11 bits per heavy atom. The smallest absolute Gasteiger partial charge is 0.0968 e. The second-order valence-electron chi connectivity index (χ2n) is 17.2. The molecule has 8 aromatic carbocycles. The van der Waals surface area contributed by atoms with Crippen LogP contribution in [-0.4, -0.2) is 15.7 Å². The summed E-state index contributed by atoms with van der Waals surface area (Å²) in [7, 11) is 0. The highest BCUT2D eigenvalue weighted by Gasteiger charge is 2.21. The van der Waals surface area contributed by atoms with Crippen LogP contribution in [0.3, 0.4) is 0 Å². The molecule has 0 saturated heterocycles. The van der Waals surface area contributed by atoms with Crippen LogP contribution >= 0.6 is 0 Å². The number of aromatic nitrogens is 2. The Balaban J connectivity index is 0.892. The lowest BCUT2D eigenvalue weighted by atomic mass is 9.85. The van der Waals surface area contributed by atoms with Crippen molar-refractivity contribution in [1.29, 1.82) is 0 Å². The summed E-state index contributed by atoms with van der Waals surface area (Å²) in [5.41, 5.74) is 16.4. The van der Waals surface area contributed by atoms with Gasteiger partial charge in [0.1, 0.15) is 0 Å². The van der Waals surface area contributed by atoms with Crippen molar-refractivity contribution < 1.29 is 0 Å². The summed E-state index contributed by atoms with van der Waals surface area (Å²) in [6.45, 7) is 0. The quantitative estimate of drug-likeness (QED) is 0.167. The van der Waals surface area contributed by atoms with Gasteiger partial charge in [0, 0.05) is 38.4 Å². The van der Waals surface area contributed by atoms with Crippen LogP contribution in [0.5, 0.6) is 0 Å². The van der Waals surface area contributed by atoms with E-state index in [1.165, 1.54) is 87.6 Å². The molecule has 10 aromatic rings. The van der Waals surface area contributed by atoms with Crippen molar-refractivity contribution >= 4 is 82.4 Å². The van der Waals surface area contributed by atoms with Gasteiger partial charge in [-0.3, -0.25) is 4.99 Å². The average Bonchev–Trinajstić information content (AvgIpc) is 3.35. The molecule has 0 N–H and O–H groups in total. The van der Waals surface area contributed by atoms with E-state index in [0.717, 1.165) is 83.1 Å². The molecule has 0 amide bonds. The number of para-hydroxylation sites is 1. The van der Waals surface area contributed by atoms with Gasteiger partial charge in [-0.2, -0.15) is 0 Å². The fourth-order valence-corrected chi connectivity index (χ4v) is 10.6. The molecule has 0 saturated carbocycles. The third-order valence-corrected chi connectivity index (χ3v) is 13.7. The van der Waals surface area contributed by atoms with E-state index in [2.05, 4.69) is 176 Å². The van der Waals surface area contributed by atoms with Gasteiger partial charge in [0.05, 0.1) is 28.1 Å². The summed E-state index contributed by atoms with van der Waals surface area (Å²) in [5, 5.41) is 12.5. The van der Waals surface area contributed by atoms with Crippen LogP contribution in [0.2, 0.25) is 0 Å². The lowest BCUT2D eigenvalue weighted by Crippen LogP contribution is -2.10. The van der Waals surface area contributed by atoms with Gasteiger partial charge in [-0.1, -0.05) is 152 Å². The van der Waals surface area contributed by atoms with Gasteiger partial charge in [-0.25, -0.2) is 9.97 Å². The fraction of sp³-hybridized carbons (Fsp3) is 0.102. The van der Waals surface area contributed by atoms with Crippen molar-refractivity contribution in [2.24, 2.45) is 4.99 Å². The zero-order valence-electron chi connectivity index (χ0n) is 34.3. The first-order valence-corrected chi connectivity index (χ1v) is 22.1. The van der Waals surface area contributed by atoms with Crippen molar-refractivity contribution in [3.63, 3.8) is 0 Å². The number of rotatable bonds is 4. The fourth-order valence-electron chi connectivity index (χ4n) is 10.6. The number of pyridine rings is 2. The number of aryl methyl sites for hydroxylation is 2. The Hall–Kier alpha value is -7.49. The van der Waals surface area contributed by atoms with Crippen LogP contribution in [0.15, 0.2) is 180 Å². The summed E-state index contributed by atoms with van der Waals surface area (Å²) in [6.07, 6.45) is 17.6. The van der Waals surface area contributed by atoms with E-state index in [9.17, 15) is 0 Å². The Labute approximate surface area is 360 Å². The minimum atomic E-state index is 0.988. The molecule has 0 bridgehead atoms. The van der Waals surface area contributed by atoms with Crippen molar-refractivity contribution in [3.8, 4) is 33.6 Å². The van der Waals surface area contributed by atoms with E-state index >= 15 is 0 Å². The molecule has 292 valence electrons. The molecule has 0 spiro atoms. The van der Waals surface area contributed by atoms with E-state index in [-0.39, 0.29) is 0 Å². The maximum Gasteiger partial charge on any atom is 0.0968 e. The molecule has 3 heteroatoms. The predicted molar refractivity (Wildman–Crippen MR) is 263 cm³/mol. The van der Waals surface area contributed by atoms with Crippen LogP contribution in [0.4, 0.5) is 5.69 Å². The number of hydrogen-bond acceptors (Lipinski definition) is 3. The van der Waals surface area contributed by atoms with Gasteiger partial charge in [0.25, 0.3) is 0 Å². The molecule has 3 heterocycles. The molecular formula is C59H41N3. The highest BCUT2D eigenvalue weighted by atomic mass is 14.8. The van der Waals surface area contributed by atoms with E-state index in [0.29, 0.717) is 0 Å². The number of aliphatic imine (C=N–C) groups is 1. The minimum Gasteiger partial charge on any atom is -0.251 e. The van der Waals surface area contributed by atoms with Crippen molar-refractivity contribution in [1.82, 2.24) is 9.97 Å². The first kappa shape index (κ1) is 35.3. The van der Waals surface area contributed by atoms with Crippen LogP contribution in [-0.2, 0) is 12.8 Å². The molecule has 0 fully saturated rings. The molecule has 62 heavy (non-hydrogen) atoms. The van der Waals surface area contributed by atoms with E-state index in [4.69, 9.17) is 15.0 Å². The molecule has 13 rings (SSSR count). The third kappa shape index (κ3) is 5.62. The molecular weight excluding hydrogens is 751 g/mol. The molecule has 1 aliphatic heterocycles. The van der Waals surface area contributed by atoms with Gasteiger partial charge in [0.2, 0.25) is 0 Å². The number of nitrogens with zero attached hydrogens (tertiary/aromatic N) is 3. The summed E-state index contributed by atoms with van der Waals surface area (Å²) in [4.78, 5) is 15.9. The topological polar surface area (TPSA) is 38.1 Å². The zero-order chi connectivity index (χ0) is 40.7. The number of fused-ring (bicyclic) bond motifs is 14. The van der Waals surface area contributed by atoms with Crippen LogP contribution in [0.25, 0.3) is 105 Å². The number of hydrogen-bond donors (Lipinski definition) is 0. The second kappa shape index (κ2) is 14.0. The van der Waals surface area contributed by atoms with Gasteiger partial charge in [-0.15, -0.1) is 0 Å². The summed E-state index contributed by atoms with van der Waals surface area (Å²) < 4.78 is 0. The van der Waals surface area contributed by atoms with Crippen molar-refractivity contribution in [2.45, 2.75) is 38.5 Å². The van der Waals surface area contributed by atoms with Crippen LogP contribution in [0.1, 0.15) is 42.4 Å². The highest BCUT2D eigenvalue weighted by molar-refractivity contribution is 6.22. The number of allylic oxidation sites excluding steroid dienone is 5. The standard InChI is InChI=1S/C59H41N3/c1-2-11-38(12-3-1)53-32-27-40-22-23-41-28-33-54(61-59(41)58(40)60-53)43-26-30-48-47-29-25-42(34-51(47)45-14-6-7-15-46(45)52(48)35-43)36-18-20-39(21-19-36)57-50-31-24-37-10-4-5-13-44(37)56(50)49-16-8-9-17-55(49)62-57/h1-2,4-5,7-11,13,15-26,28-31,33-35H,3,6,12,14,27,32H2. The van der Waals surface area contributed by atoms with Gasteiger partial charge < -0.3 is 0 Å². The Morgan fingerprint density at radius 1 is 0.468 bits per heavy atom. The molecule has 0 radical (unpaired) electrons. The Morgan fingerprint density at radius 2 is 1.21 bits per heavy atom. The highest BCUT2D eigenvalue weighted by Crippen LogP contribution is 2.42. The summed E-state index contributed by atoms with van der Waals surface area (Å²) >= 11 is 0. The first-order valence-electron chi connectivity index (χ1n) is 22.1. The third-order valence-electron chi connectivity index (χ3n) is 13.7. The van der Waals surface area contributed by atoms with Crippen LogP contribution < -0.4 is 0 Å². The Bertz CT molecular complexity index is 3660. The van der Waals surface area contributed by atoms with Gasteiger partial charge in [0.15, 0.2) is 0 Å². The van der Waals surface area contributed by atoms with E-state index in [1.807, 2.05) is 0 Å².